The number of nitrogens with one attached hydrogen (secondary N) is 1. The van der Waals surface area contributed by atoms with Crippen molar-refractivity contribution in [2.45, 2.75) is 20.3 Å². The van der Waals surface area contributed by atoms with E-state index in [2.05, 4.69) is 4.98 Å². The molecule has 0 saturated carbocycles. The maximum absolute atomic E-state index is 12.2. The largest absolute Gasteiger partial charge is 0.392 e. The highest BCUT2D eigenvalue weighted by molar-refractivity contribution is 7.80. The van der Waals surface area contributed by atoms with Crippen molar-refractivity contribution >= 4 is 23.1 Å². The Labute approximate surface area is 111 Å². The molecule has 1 heterocycles. The molecule has 1 aromatic heterocycles. The third-order valence-electron chi connectivity index (χ3n) is 2.42. The number of aromatic nitrogens is 1. The lowest BCUT2D eigenvalue weighted by Crippen LogP contribution is -2.40. The van der Waals surface area contributed by atoms with Crippen LogP contribution in [0.1, 0.15) is 29.4 Å². The molecule has 18 heavy (non-hydrogen) atoms. The van der Waals surface area contributed by atoms with Crippen molar-refractivity contribution in [3.63, 3.8) is 0 Å². The SMILES string of the molecule is CCCN(CC(N)=S)C(=O)c1c[nH]c(C)cc1=O. The number of H-pyrrole nitrogens is 1. The van der Waals surface area contributed by atoms with Crippen molar-refractivity contribution < 1.29 is 4.79 Å². The molecule has 5 nitrogen and oxygen atoms in total. The first-order valence-electron chi connectivity index (χ1n) is 5.72. The van der Waals surface area contributed by atoms with Gasteiger partial charge in [-0.25, -0.2) is 0 Å². The van der Waals surface area contributed by atoms with E-state index in [1.54, 1.807) is 6.92 Å². The summed E-state index contributed by atoms with van der Waals surface area (Å²) in [6.07, 6.45) is 2.21. The van der Waals surface area contributed by atoms with E-state index in [0.717, 1.165) is 6.42 Å². The predicted molar refractivity (Wildman–Crippen MR) is 74.8 cm³/mol. The summed E-state index contributed by atoms with van der Waals surface area (Å²) in [4.78, 5) is 28.5. The Hall–Kier alpha value is -1.69. The highest BCUT2D eigenvalue weighted by atomic mass is 32.1. The number of pyridine rings is 1. The summed E-state index contributed by atoms with van der Waals surface area (Å²) >= 11 is 4.81. The lowest BCUT2D eigenvalue weighted by Gasteiger charge is -2.21. The second kappa shape index (κ2) is 6.30. The maximum Gasteiger partial charge on any atom is 0.259 e. The molecule has 1 rings (SSSR count). The topological polar surface area (TPSA) is 79.2 Å². The van der Waals surface area contributed by atoms with E-state index in [4.69, 9.17) is 18.0 Å². The van der Waals surface area contributed by atoms with Crippen LogP contribution < -0.4 is 11.2 Å². The van der Waals surface area contributed by atoms with Gasteiger partial charge in [0, 0.05) is 24.5 Å². The number of amides is 1. The molecule has 0 spiro atoms. The third kappa shape index (κ3) is 3.66. The minimum absolute atomic E-state index is 0.116. The molecule has 0 atom stereocenters. The van der Waals surface area contributed by atoms with Crippen LogP contribution in [-0.4, -0.2) is 33.9 Å². The average molecular weight is 267 g/mol. The predicted octanol–water partition coefficient (Wildman–Crippen LogP) is 0.822. The van der Waals surface area contributed by atoms with E-state index in [1.165, 1.54) is 17.2 Å². The molecule has 6 heteroatoms. The molecule has 0 aliphatic rings. The Bertz CT molecular complexity index is 510. The number of carbonyl (C=O) groups excluding carboxylic acids is 1. The fraction of sp³-hybridized carbons (Fsp3) is 0.417. The van der Waals surface area contributed by atoms with Crippen LogP contribution in [-0.2, 0) is 0 Å². The zero-order valence-corrected chi connectivity index (χ0v) is 11.3. The molecule has 0 unspecified atom stereocenters. The van der Waals surface area contributed by atoms with Crippen molar-refractivity contribution in [1.29, 1.82) is 0 Å². The van der Waals surface area contributed by atoms with Crippen molar-refractivity contribution in [2.75, 3.05) is 13.1 Å². The van der Waals surface area contributed by atoms with E-state index < -0.39 is 0 Å². The molecular weight excluding hydrogens is 250 g/mol. The molecule has 0 fully saturated rings. The summed E-state index contributed by atoms with van der Waals surface area (Å²) in [6, 6.07) is 1.40. The van der Waals surface area contributed by atoms with Gasteiger partial charge in [-0.15, -0.1) is 0 Å². The van der Waals surface area contributed by atoms with E-state index in [9.17, 15) is 9.59 Å². The van der Waals surface area contributed by atoms with Gasteiger partial charge in [-0.3, -0.25) is 9.59 Å². The summed E-state index contributed by atoms with van der Waals surface area (Å²) in [7, 11) is 0. The van der Waals surface area contributed by atoms with Gasteiger partial charge in [-0.1, -0.05) is 19.1 Å². The molecule has 98 valence electrons. The standard InChI is InChI=1S/C12H17N3O2S/c1-3-4-15(7-11(13)18)12(17)9-6-14-8(2)5-10(9)16/h5-6H,3-4,7H2,1-2H3,(H2,13,18)(H,14,16). The highest BCUT2D eigenvalue weighted by Crippen LogP contribution is 2.01. The van der Waals surface area contributed by atoms with Gasteiger partial charge in [-0.05, 0) is 13.3 Å². The van der Waals surface area contributed by atoms with Crippen LogP contribution in [0.5, 0.6) is 0 Å². The molecule has 0 radical (unpaired) electrons. The summed E-state index contributed by atoms with van der Waals surface area (Å²) in [5.74, 6) is -0.342. The van der Waals surface area contributed by atoms with Gasteiger partial charge in [0.15, 0.2) is 5.43 Å². The van der Waals surface area contributed by atoms with Gasteiger partial charge >= 0.3 is 0 Å². The average Bonchev–Trinajstić information content (AvgIpc) is 2.27. The van der Waals surface area contributed by atoms with Gasteiger partial charge in [0.2, 0.25) is 0 Å². The number of carbonyl (C=O) groups is 1. The van der Waals surface area contributed by atoms with Crippen LogP contribution in [0.4, 0.5) is 0 Å². The second-order valence-electron chi connectivity index (χ2n) is 4.09. The Morgan fingerprint density at radius 2 is 2.22 bits per heavy atom. The van der Waals surface area contributed by atoms with Crippen LogP contribution in [0.15, 0.2) is 17.1 Å². The minimum atomic E-state index is -0.342. The number of nitrogens with two attached hydrogens (primary N) is 1. The van der Waals surface area contributed by atoms with Crippen LogP contribution in [0, 0.1) is 6.92 Å². The number of aromatic amines is 1. The first-order chi connectivity index (χ1) is 8.45. The Morgan fingerprint density at radius 1 is 1.56 bits per heavy atom. The third-order valence-corrected chi connectivity index (χ3v) is 2.54. The normalized spacial score (nSPS) is 10.1. The Kier molecular flexibility index (Phi) is 5.03. The Morgan fingerprint density at radius 3 is 2.72 bits per heavy atom. The lowest BCUT2D eigenvalue weighted by atomic mass is 10.2. The summed E-state index contributed by atoms with van der Waals surface area (Å²) < 4.78 is 0. The van der Waals surface area contributed by atoms with E-state index >= 15 is 0 Å². The first-order valence-corrected chi connectivity index (χ1v) is 6.13. The zero-order chi connectivity index (χ0) is 13.7. The van der Waals surface area contributed by atoms with Crippen molar-refractivity contribution in [1.82, 2.24) is 9.88 Å². The number of hydrogen-bond donors (Lipinski definition) is 2. The van der Waals surface area contributed by atoms with Gasteiger partial charge in [0.05, 0.1) is 11.5 Å². The Balaban J connectivity index is 3.01. The van der Waals surface area contributed by atoms with Crippen molar-refractivity contribution in [2.24, 2.45) is 5.73 Å². The number of hydrogen-bond acceptors (Lipinski definition) is 3. The van der Waals surface area contributed by atoms with Gasteiger partial charge < -0.3 is 15.6 Å². The fourth-order valence-corrected chi connectivity index (χ4v) is 1.78. The smallest absolute Gasteiger partial charge is 0.259 e. The molecule has 1 amide bonds. The molecule has 1 aromatic rings. The molecule has 3 N–H and O–H groups in total. The van der Waals surface area contributed by atoms with Crippen LogP contribution >= 0.6 is 12.2 Å². The van der Waals surface area contributed by atoms with Gasteiger partial charge in [0.1, 0.15) is 5.56 Å². The van der Waals surface area contributed by atoms with Gasteiger partial charge in [-0.2, -0.15) is 0 Å². The summed E-state index contributed by atoms with van der Waals surface area (Å²) in [6.45, 7) is 4.41. The molecular formula is C12H17N3O2S. The molecule has 0 aliphatic heterocycles. The number of nitrogens with zero attached hydrogens (tertiary/aromatic N) is 1. The summed E-state index contributed by atoms with van der Waals surface area (Å²) in [5, 5.41) is 0. The van der Waals surface area contributed by atoms with Crippen molar-refractivity contribution in [3.05, 3.63) is 33.7 Å². The summed E-state index contributed by atoms with van der Waals surface area (Å²) in [5.41, 5.74) is 5.99. The van der Waals surface area contributed by atoms with Crippen LogP contribution in [0.2, 0.25) is 0 Å². The molecule has 0 saturated heterocycles. The fourth-order valence-electron chi connectivity index (χ4n) is 1.62. The lowest BCUT2D eigenvalue weighted by molar-refractivity contribution is 0.0778. The number of rotatable bonds is 5. The molecule has 0 bridgehead atoms. The van der Waals surface area contributed by atoms with Gasteiger partial charge in [0.25, 0.3) is 5.91 Å². The second-order valence-corrected chi connectivity index (χ2v) is 4.61. The molecule has 0 aromatic carbocycles. The van der Waals surface area contributed by atoms with E-state index in [1.807, 2.05) is 6.92 Å². The monoisotopic (exact) mass is 267 g/mol. The number of aryl methyl sites for hydroxylation is 1. The number of thiocarbonyl (C=S) groups is 1. The zero-order valence-electron chi connectivity index (χ0n) is 10.5. The van der Waals surface area contributed by atoms with Crippen LogP contribution in [0.3, 0.4) is 0 Å². The molecule has 0 aliphatic carbocycles. The first kappa shape index (κ1) is 14.4. The minimum Gasteiger partial charge on any atom is -0.392 e. The quantitative estimate of drug-likeness (QED) is 0.774. The maximum atomic E-state index is 12.2. The van der Waals surface area contributed by atoms with E-state index in [0.29, 0.717) is 12.2 Å². The van der Waals surface area contributed by atoms with Crippen LogP contribution in [0.25, 0.3) is 0 Å². The highest BCUT2D eigenvalue weighted by Gasteiger charge is 2.18. The van der Waals surface area contributed by atoms with E-state index in [-0.39, 0.29) is 28.4 Å². The van der Waals surface area contributed by atoms with Crippen molar-refractivity contribution in [3.8, 4) is 0 Å².